The maximum atomic E-state index is 9.42. The highest BCUT2D eigenvalue weighted by molar-refractivity contribution is 9.10. The zero-order valence-corrected chi connectivity index (χ0v) is 13.6. The Hall–Kier alpha value is -1.36. The lowest BCUT2D eigenvalue weighted by atomic mass is 10.0. The van der Waals surface area contributed by atoms with Gasteiger partial charge < -0.3 is 15.6 Å². The van der Waals surface area contributed by atoms with Crippen LogP contribution in [0.3, 0.4) is 0 Å². The van der Waals surface area contributed by atoms with Crippen LogP contribution in [0, 0.1) is 0 Å². The Bertz CT molecular complexity index is 589. The Balaban J connectivity index is 2.33. The van der Waals surface area contributed by atoms with Gasteiger partial charge in [-0.3, -0.25) is 0 Å². The van der Waals surface area contributed by atoms with Crippen molar-refractivity contribution in [1.29, 1.82) is 0 Å². The summed E-state index contributed by atoms with van der Waals surface area (Å²) in [5.41, 5.74) is 8.02. The highest BCUT2D eigenvalue weighted by Gasteiger charge is 2.21. The summed E-state index contributed by atoms with van der Waals surface area (Å²) in [6, 6.07) is 15.3. The lowest BCUT2D eigenvalue weighted by Crippen LogP contribution is -2.31. The van der Waals surface area contributed by atoms with Crippen LogP contribution in [0.1, 0.15) is 30.6 Å². The highest BCUT2D eigenvalue weighted by Crippen LogP contribution is 2.29. The zero-order valence-electron chi connectivity index (χ0n) is 12.0. The van der Waals surface area contributed by atoms with Gasteiger partial charge in [-0.2, -0.15) is 0 Å². The fourth-order valence-corrected chi connectivity index (χ4v) is 2.60. The molecule has 0 bridgehead atoms. The van der Waals surface area contributed by atoms with Crippen LogP contribution in [0.4, 0.5) is 0 Å². The second-order valence-corrected chi connectivity index (χ2v) is 5.85. The first-order valence-corrected chi connectivity index (χ1v) is 7.81. The summed E-state index contributed by atoms with van der Waals surface area (Å²) in [4.78, 5) is 0. The number of rotatable bonds is 6. The number of ether oxygens (including phenoxy) is 1. The van der Waals surface area contributed by atoms with Crippen molar-refractivity contribution in [3.63, 3.8) is 0 Å². The minimum atomic E-state index is -0.250. The standard InChI is InChI=1S/C17H20BrNO2/c1-2-15(19)17(12-7-5-8-14(18)10-12)21-16-9-4-3-6-13(16)11-20/h3-10,15,17,20H,2,11,19H2,1H3. The minimum Gasteiger partial charge on any atom is -0.484 e. The molecule has 0 aliphatic heterocycles. The maximum Gasteiger partial charge on any atom is 0.139 e. The molecule has 2 rings (SSSR count). The van der Waals surface area contributed by atoms with E-state index in [4.69, 9.17) is 10.5 Å². The third-order valence-corrected chi connectivity index (χ3v) is 3.93. The lowest BCUT2D eigenvalue weighted by Gasteiger charge is -2.26. The number of hydrogen-bond acceptors (Lipinski definition) is 3. The minimum absolute atomic E-state index is 0.0528. The van der Waals surface area contributed by atoms with E-state index < -0.39 is 0 Å². The second-order valence-electron chi connectivity index (χ2n) is 4.93. The largest absolute Gasteiger partial charge is 0.484 e. The van der Waals surface area contributed by atoms with E-state index in [0.717, 1.165) is 22.0 Å². The molecule has 0 spiro atoms. The Morgan fingerprint density at radius 1 is 1.19 bits per heavy atom. The molecule has 0 aliphatic rings. The predicted molar refractivity (Wildman–Crippen MR) is 88.1 cm³/mol. The Labute approximate surface area is 133 Å². The number of aliphatic hydroxyl groups excluding tert-OH is 1. The second kappa shape index (κ2) is 7.59. The van der Waals surface area contributed by atoms with Crippen molar-refractivity contribution in [3.05, 3.63) is 64.1 Å². The topological polar surface area (TPSA) is 55.5 Å². The molecule has 0 amide bonds. The molecule has 3 nitrogen and oxygen atoms in total. The summed E-state index contributed by atoms with van der Waals surface area (Å²) in [7, 11) is 0. The Kier molecular flexibility index (Phi) is 5.79. The molecule has 2 unspecified atom stereocenters. The molecule has 0 aromatic heterocycles. The average Bonchev–Trinajstić information content (AvgIpc) is 2.52. The van der Waals surface area contributed by atoms with Gasteiger partial charge >= 0.3 is 0 Å². The van der Waals surface area contributed by atoms with Crippen LogP contribution in [0.25, 0.3) is 0 Å². The molecule has 3 N–H and O–H groups in total. The van der Waals surface area contributed by atoms with Crippen molar-refractivity contribution in [2.75, 3.05) is 0 Å². The molecule has 0 saturated carbocycles. The zero-order chi connectivity index (χ0) is 15.2. The van der Waals surface area contributed by atoms with Crippen molar-refractivity contribution >= 4 is 15.9 Å². The van der Waals surface area contributed by atoms with Gasteiger partial charge in [0.1, 0.15) is 11.9 Å². The molecule has 0 fully saturated rings. The summed E-state index contributed by atoms with van der Waals surface area (Å²) >= 11 is 3.48. The van der Waals surface area contributed by atoms with Gasteiger partial charge in [-0.25, -0.2) is 0 Å². The van der Waals surface area contributed by atoms with Crippen LogP contribution in [-0.2, 0) is 6.61 Å². The molecule has 0 saturated heterocycles. The maximum absolute atomic E-state index is 9.42. The monoisotopic (exact) mass is 349 g/mol. The molecule has 112 valence electrons. The van der Waals surface area contributed by atoms with E-state index in [2.05, 4.69) is 15.9 Å². The summed E-state index contributed by atoms with van der Waals surface area (Å²) in [6.45, 7) is 1.99. The van der Waals surface area contributed by atoms with Gasteiger partial charge in [-0.1, -0.05) is 53.2 Å². The molecule has 0 heterocycles. The van der Waals surface area contributed by atoms with Gasteiger partial charge in [0.2, 0.25) is 0 Å². The number of benzene rings is 2. The van der Waals surface area contributed by atoms with E-state index in [1.54, 1.807) is 0 Å². The van der Waals surface area contributed by atoms with Gasteiger partial charge in [0.25, 0.3) is 0 Å². The summed E-state index contributed by atoms with van der Waals surface area (Å²) in [6.07, 6.45) is 0.554. The van der Waals surface area contributed by atoms with E-state index in [9.17, 15) is 5.11 Å². The number of para-hydroxylation sites is 1. The lowest BCUT2D eigenvalue weighted by molar-refractivity contribution is 0.164. The Morgan fingerprint density at radius 3 is 2.62 bits per heavy atom. The summed E-state index contributed by atoms with van der Waals surface area (Å²) < 4.78 is 7.12. The van der Waals surface area contributed by atoms with Crippen molar-refractivity contribution < 1.29 is 9.84 Å². The van der Waals surface area contributed by atoms with E-state index >= 15 is 0 Å². The molecule has 0 radical (unpaired) electrons. The highest BCUT2D eigenvalue weighted by atomic mass is 79.9. The fraction of sp³-hybridized carbons (Fsp3) is 0.294. The molecule has 2 aromatic rings. The van der Waals surface area contributed by atoms with Gasteiger partial charge in [0.05, 0.1) is 6.61 Å². The number of aliphatic hydroxyl groups is 1. The van der Waals surface area contributed by atoms with Crippen molar-refractivity contribution in [2.45, 2.75) is 32.1 Å². The SMILES string of the molecule is CCC(N)C(Oc1ccccc1CO)c1cccc(Br)c1. The number of hydrogen-bond donors (Lipinski definition) is 2. The van der Waals surface area contributed by atoms with E-state index in [0.29, 0.717) is 5.75 Å². The van der Waals surface area contributed by atoms with Gasteiger partial charge in [0.15, 0.2) is 0 Å². The van der Waals surface area contributed by atoms with Crippen molar-refractivity contribution in [1.82, 2.24) is 0 Å². The molecular formula is C17H20BrNO2. The van der Waals surface area contributed by atoms with Crippen LogP contribution in [0.5, 0.6) is 5.75 Å². The third-order valence-electron chi connectivity index (χ3n) is 3.43. The molecule has 21 heavy (non-hydrogen) atoms. The fourth-order valence-electron chi connectivity index (χ4n) is 2.19. The molecular weight excluding hydrogens is 330 g/mol. The first-order chi connectivity index (χ1) is 10.2. The predicted octanol–water partition coefficient (Wildman–Crippen LogP) is 3.80. The third kappa shape index (κ3) is 4.06. The Morgan fingerprint density at radius 2 is 1.95 bits per heavy atom. The summed E-state index contributed by atoms with van der Waals surface area (Å²) in [5, 5.41) is 9.42. The van der Waals surface area contributed by atoms with Gasteiger partial charge in [-0.05, 0) is 30.2 Å². The quantitative estimate of drug-likeness (QED) is 0.833. The van der Waals surface area contributed by atoms with Gasteiger partial charge in [0, 0.05) is 16.1 Å². The van der Waals surface area contributed by atoms with E-state index in [1.165, 1.54) is 0 Å². The summed E-state index contributed by atoms with van der Waals surface area (Å²) in [5.74, 6) is 0.675. The van der Waals surface area contributed by atoms with Crippen molar-refractivity contribution in [2.24, 2.45) is 5.73 Å². The molecule has 0 aliphatic carbocycles. The normalized spacial score (nSPS) is 13.7. The molecule has 2 aromatic carbocycles. The molecule has 2 atom stereocenters. The average molecular weight is 350 g/mol. The molecule has 4 heteroatoms. The van der Waals surface area contributed by atoms with E-state index in [1.807, 2.05) is 55.5 Å². The smallest absolute Gasteiger partial charge is 0.139 e. The van der Waals surface area contributed by atoms with Gasteiger partial charge in [-0.15, -0.1) is 0 Å². The van der Waals surface area contributed by atoms with Crippen LogP contribution in [-0.4, -0.2) is 11.1 Å². The van der Waals surface area contributed by atoms with Crippen LogP contribution in [0.2, 0.25) is 0 Å². The van der Waals surface area contributed by atoms with Crippen molar-refractivity contribution in [3.8, 4) is 5.75 Å². The first kappa shape index (κ1) is 16.0. The van der Waals surface area contributed by atoms with Crippen LogP contribution < -0.4 is 10.5 Å². The number of nitrogens with two attached hydrogens (primary N) is 1. The first-order valence-electron chi connectivity index (χ1n) is 7.02. The van der Waals surface area contributed by atoms with Crippen LogP contribution >= 0.6 is 15.9 Å². The van der Waals surface area contributed by atoms with E-state index in [-0.39, 0.29) is 18.8 Å². The van der Waals surface area contributed by atoms with Crippen LogP contribution in [0.15, 0.2) is 53.0 Å². The number of halogens is 1.